The van der Waals surface area contributed by atoms with Crippen molar-refractivity contribution in [2.45, 2.75) is 39.7 Å². The molecule has 23 heavy (non-hydrogen) atoms. The lowest BCUT2D eigenvalue weighted by molar-refractivity contribution is -0.312. The Kier molecular flexibility index (Phi) is 5.19. The van der Waals surface area contributed by atoms with Crippen molar-refractivity contribution < 1.29 is 19.5 Å². The quantitative estimate of drug-likeness (QED) is 0.813. The molecule has 1 amide bonds. The van der Waals surface area contributed by atoms with Gasteiger partial charge in [-0.05, 0) is 24.3 Å². The number of carboxylic acids is 1. The number of hydrogen-bond acceptors (Lipinski definition) is 4. The standard InChI is InChI=1S/C18H23NO4/c1-11(2)16(18(22)23)19(12(3)20)10-14-9-8-13-6-4-5-7-15(13)17(14)21/h4-7,11,14,16H,8-10H2,1-3H3,(H,22,23)/p-1. The molecule has 0 bridgehead atoms. The van der Waals surface area contributed by atoms with Crippen molar-refractivity contribution in [3.63, 3.8) is 0 Å². The van der Waals surface area contributed by atoms with E-state index in [0.29, 0.717) is 12.0 Å². The van der Waals surface area contributed by atoms with Gasteiger partial charge >= 0.3 is 0 Å². The lowest BCUT2D eigenvalue weighted by atomic mass is 9.82. The molecule has 2 atom stereocenters. The molecule has 0 saturated carbocycles. The summed E-state index contributed by atoms with van der Waals surface area (Å²) in [6.45, 7) is 4.92. The summed E-state index contributed by atoms with van der Waals surface area (Å²) in [4.78, 5) is 37.3. The van der Waals surface area contributed by atoms with E-state index in [1.165, 1.54) is 11.8 Å². The van der Waals surface area contributed by atoms with Crippen LogP contribution >= 0.6 is 0 Å². The smallest absolute Gasteiger partial charge is 0.220 e. The molecule has 5 nitrogen and oxygen atoms in total. The number of amides is 1. The predicted octanol–water partition coefficient (Wildman–Crippen LogP) is 1.05. The molecule has 0 aliphatic heterocycles. The molecule has 0 N–H and O–H groups in total. The number of aryl methyl sites for hydroxylation is 1. The normalized spacial score (nSPS) is 18.4. The third-order valence-electron chi connectivity index (χ3n) is 4.45. The minimum absolute atomic E-state index is 0.0149. The van der Waals surface area contributed by atoms with Crippen LogP contribution < -0.4 is 5.11 Å². The van der Waals surface area contributed by atoms with Gasteiger partial charge in [0.15, 0.2) is 5.78 Å². The average Bonchev–Trinajstić information content (AvgIpc) is 2.48. The molecule has 1 aliphatic carbocycles. The molecular formula is C18H22NO4-. The van der Waals surface area contributed by atoms with Crippen LogP contribution in [-0.2, 0) is 16.0 Å². The van der Waals surface area contributed by atoms with E-state index >= 15 is 0 Å². The summed E-state index contributed by atoms with van der Waals surface area (Å²) < 4.78 is 0. The summed E-state index contributed by atoms with van der Waals surface area (Å²) in [7, 11) is 0. The van der Waals surface area contributed by atoms with Crippen LogP contribution in [0.3, 0.4) is 0 Å². The van der Waals surface area contributed by atoms with Crippen LogP contribution in [0, 0.1) is 11.8 Å². The van der Waals surface area contributed by atoms with Gasteiger partial charge in [-0.25, -0.2) is 0 Å². The van der Waals surface area contributed by atoms with Gasteiger partial charge in [-0.2, -0.15) is 0 Å². The maximum absolute atomic E-state index is 12.6. The highest BCUT2D eigenvalue weighted by Crippen LogP contribution is 2.27. The summed E-state index contributed by atoms with van der Waals surface area (Å²) in [6, 6.07) is 6.43. The number of hydrogen-bond donors (Lipinski definition) is 0. The second-order valence-electron chi connectivity index (χ2n) is 6.44. The van der Waals surface area contributed by atoms with Crippen LogP contribution in [0.2, 0.25) is 0 Å². The predicted molar refractivity (Wildman–Crippen MR) is 83.6 cm³/mol. The first kappa shape index (κ1) is 17.2. The minimum Gasteiger partial charge on any atom is -0.548 e. The maximum Gasteiger partial charge on any atom is 0.220 e. The summed E-state index contributed by atoms with van der Waals surface area (Å²) >= 11 is 0. The molecule has 0 fully saturated rings. The number of benzene rings is 1. The van der Waals surface area contributed by atoms with E-state index in [1.54, 1.807) is 19.9 Å². The van der Waals surface area contributed by atoms with Crippen LogP contribution in [0.1, 0.15) is 43.1 Å². The van der Waals surface area contributed by atoms with Crippen LogP contribution in [0.25, 0.3) is 0 Å². The fraction of sp³-hybridized carbons (Fsp3) is 0.500. The van der Waals surface area contributed by atoms with Gasteiger partial charge in [0.05, 0.1) is 12.0 Å². The van der Waals surface area contributed by atoms with Crippen molar-refractivity contribution in [1.29, 1.82) is 0 Å². The largest absolute Gasteiger partial charge is 0.548 e. The first-order valence-corrected chi connectivity index (χ1v) is 7.93. The first-order chi connectivity index (χ1) is 10.8. The van der Waals surface area contributed by atoms with Crippen molar-refractivity contribution in [3.05, 3.63) is 35.4 Å². The van der Waals surface area contributed by atoms with Gasteiger partial charge < -0.3 is 14.8 Å². The summed E-state index contributed by atoms with van der Waals surface area (Å²) in [5, 5.41) is 11.4. The Morgan fingerprint density at radius 2 is 1.96 bits per heavy atom. The lowest BCUT2D eigenvalue weighted by Crippen LogP contribution is -2.54. The second-order valence-corrected chi connectivity index (χ2v) is 6.44. The van der Waals surface area contributed by atoms with Gasteiger partial charge in [-0.15, -0.1) is 0 Å². The number of rotatable bonds is 5. The number of ketones is 1. The highest BCUT2D eigenvalue weighted by molar-refractivity contribution is 6.00. The first-order valence-electron chi connectivity index (χ1n) is 7.93. The minimum atomic E-state index is -1.28. The fourth-order valence-corrected chi connectivity index (χ4v) is 3.27. The molecule has 2 unspecified atom stereocenters. The zero-order valence-electron chi connectivity index (χ0n) is 13.7. The van der Waals surface area contributed by atoms with Crippen molar-refractivity contribution in [2.75, 3.05) is 6.54 Å². The molecule has 0 spiro atoms. The summed E-state index contributed by atoms with van der Waals surface area (Å²) in [5.41, 5.74) is 1.70. The van der Waals surface area contributed by atoms with Gasteiger partial charge in [0.1, 0.15) is 0 Å². The molecule has 124 valence electrons. The van der Waals surface area contributed by atoms with E-state index in [1.807, 2.05) is 18.2 Å². The van der Waals surface area contributed by atoms with Crippen molar-refractivity contribution in [2.24, 2.45) is 11.8 Å². The number of Topliss-reactive ketones (excluding diaryl/α,β-unsaturated/α-hetero) is 1. The Bertz CT molecular complexity index is 623. The van der Waals surface area contributed by atoms with Crippen molar-refractivity contribution in [3.8, 4) is 0 Å². The van der Waals surface area contributed by atoms with Crippen molar-refractivity contribution >= 4 is 17.7 Å². The van der Waals surface area contributed by atoms with Crippen molar-refractivity contribution in [1.82, 2.24) is 4.90 Å². The molecule has 0 aromatic heterocycles. The van der Waals surface area contributed by atoms with Crippen LogP contribution in [0.4, 0.5) is 0 Å². The number of fused-ring (bicyclic) bond motifs is 1. The third-order valence-corrected chi connectivity index (χ3v) is 4.45. The van der Waals surface area contributed by atoms with E-state index in [9.17, 15) is 19.5 Å². The molecule has 1 aromatic carbocycles. The molecule has 0 heterocycles. The molecular weight excluding hydrogens is 294 g/mol. The highest BCUT2D eigenvalue weighted by atomic mass is 16.4. The molecule has 1 aromatic rings. The Labute approximate surface area is 136 Å². The Hall–Kier alpha value is -2.17. The number of aliphatic carboxylic acids is 1. The van der Waals surface area contributed by atoms with Crippen LogP contribution in [0.5, 0.6) is 0 Å². The number of carboxylic acid groups (broad SMARTS) is 1. The van der Waals surface area contributed by atoms with E-state index in [2.05, 4.69) is 0 Å². The highest BCUT2D eigenvalue weighted by Gasteiger charge is 2.33. The number of carbonyl (C=O) groups is 3. The second kappa shape index (κ2) is 6.94. The van der Waals surface area contributed by atoms with Crippen LogP contribution in [-0.4, -0.2) is 35.1 Å². The molecule has 0 saturated heterocycles. The van der Waals surface area contributed by atoms with Gasteiger partial charge in [-0.1, -0.05) is 38.1 Å². The van der Waals surface area contributed by atoms with E-state index in [0.717, 1.165) is 12.0 Å². The Morgan fingerprint density at radius 1 is 1.30 bits per heavy atom. The monoisotopic (exact) mass is 316 g/mol. The Balaban J connectivity index is 2.23. The number of carbonyl (C=O) groups excluding carboxylic acids is 3. The van der Waals surface area contributed by atoms with Gasteiger partial charge in [-0.3, -0.25) is 9.59 Å². The molecule has 5 heteroatoms. The van der Waals surface area contributed by atoms with Gasteiger partial charge in [0, 0.05) is 24.9 Å². The summed E-state index contributed by atoms with van der Waals surface area (Å²) in [6.07, 6.45) is 1.38. The molecule has 2 rings (SSSR count). The fourth-order valence-electron chi connectivity index (χ4n) is 3.27. The molecule has 1 aliphatic rings. The Morgan fingerprint density at radius 3 is 2.52 bits per heavy atom. The zero-order valence-corrected chi connectivity index (χ0v) is 13.7. The zero-order chi connectivity index (χ0) is 17.1. The van der Waals surface area contributed by atoms with E-state index in [4.69, 9.17) is 0 Å². The average molecular weight is 316 g/mol. The third kappa shape index (κ3) is 3.60. The van der Waals surface area contributed by atoms with E-state index < -0.39 is 12.0 Å². The SMILES string of the molecule is CC(=O)N(CC1CCc2ccccc2C1=O)C(C(=O)[O-])C(C)C. The van der Waals surface area contributed by atoms with Crippen LogP contribution in [0.15, 0.2) is 24.3 Å². The lowest BCUT2D eigenvalue weighted by Gasteiger charge is -2.37. The molecule has 0 radical (unpaired) electrons. The van der Waals surface area contributed by atoms with E-state index in [-0.39, 0.29) is 30.1 Å². The topological polar surface area (TPSA) is 77.5 Å². The maximum atomic E-state index is 12.6. The number of nitrogens with zero attached hydrogens (tertiary/aromatic N) is 1. The van der Waals surface area contributed by atoms with Gasteiger partial charge in [0.2, 0.25) is 5.91 Å². The summed E-state index contributed by atoms with van der Waals surface area (Å²) in [5.74, 6) is -2.29. The van der Waals surface area contributed by atoms with Gasteiger partial charge in [0.25, 0.3) is 0 Å².